The summed E-state index contributed by atoms with van der Waals surface area (Å²) >= 11 is 3.19. The Labute approximate surface area is 120 Å². The van der Waals surface area contributed by atoms with E-state index in [-0.39, 0.29) is 5.82 Å². The van der Waals surface area contributed by atoms with E-state index in [1.807, 2.05) is 24.3 Å². The van der Waals surface area contributed by atoms with Gasteiger partial charge in [-0.2, -0.15) is 0 Å². The molecule has 2 aromatic rings. The summed E-state index contributed by atoms with van der Waals surface area (Å²) in [4.78, 5) is 0. The number of hydrogen-bond acceptors (Lipinski definition) is 2. The van der Waals surface area contributed by atoms with Crippen molar-refractivity contribution >= 4 is 21.6 Å². The van der Waals surface area contributed by atoms with E-state index in [1.54, 1.807) is 19.2 Å². The molecule has 19 heavy (non-hydrogen) atoms. The fourth-order valence-corrected chi connectivity index (χ4v) is 2.25. The molecule has 0 unspecified atom stereocenters. The summed E-state index contributed by atoms with van der Waals surface area (Å²) in [5.74, 6) is -0.247. The van der Waals surface area contributed by atoms with Crippen LogP contribution in [0.1, 0.15) is 11.1 Å². The molecule has 0 bridgehead atoms. The number of methoxy groups -OCH3 is 1. The van der Waals surface area contributed by atoms with E-state index in [4.69, 9.17) is 4.74 Å². The Bertz CT molecular complexity index is 560. The first kappa shape index (κ1) is 14.0. The van der Waals surface area contributed by atoms with Crippen molar-refractivity contribution in [2.45, 2.75) is 13.2 Å². The average Bonchev–Trinajstić information content (AvgIpc) is 2.42. The minimum absolute atomic E-state index is 0.247. The second-order valence-electron chi connectivity index (χ2n) is 4.19. The van der Waals surface area contributed by atoms with Crippen LogP contribution in [0.3, 0.4) is 0 Å². The minimum atomic E-state index is -0.247. The fraction of sp³-hybridized carbons (Fsp3) is 0.200. The van der Waals surface area contributed by atoms with Crippen LogP contribution < -0.4 is 5.32 Å². The molecule has 4 heteroatoms. The van der Waals surface area contributed by atoms with Gasteiger partial charge in [-0.25, -0.2) is 4.39 Å². The van der Waals surface area contributed by atoms with Crippen LogP contribution in [0.4, 0.5) is 10.1 Å². The standard InChI is InChI=1S/C15H15BrFNO/c1-19-10-12-4-2-3-5-15(12)18-9-11-6-7-14(17)13(16)8-11/h2-8,18H,9-10H2,1H3. The topological polar surface area (TPSA) is 21.3 Å². The van der Waals surface area contributed by atoms with E-state index in [2.05, 4.69) is 21.2 Å². The van der Waals surface area contributed by atoms with Crippen molar-refractivity contribution in [3.63, 3.8) is 0 Å². The highest BCUT2D eigenvalue weighted by Crippen LogP contribution is 2.20. The maximum Gasteiger partial charge on any atom is 0.137 e. The molecular weight excluding hydrogens is 309 g/mol. The number of hydrogen-bond donors (Lipinski definition) is 1. The van der Waals surface area contributed by atoms with Gasteiger partial charge in [-0.3, -0.25) is 0 Å². The van der Waals surface area contributed by atoms with Crippen molar-refractivity contribution < 1.29 is 9.13 Å². The first-order valence-electron chi connectivity index (χ1n) is 5.95. The molecule has 0 saturated carbocycles. The third-order valence-electron chi connectivity index (χ3n) is 2.78. The second kappa shape index (κ2) is 6.68. The molecule has 0 saturated heterocycles. The Morgan fingerprint density at radius 3 is 2.74 bits per heavy atom. The summed E-state index contributed by atoms with van der Waals surface area (Å²) in [6.07, 6.45) is 0. The quantitative estimate of drug-likeness (QED) is 0.883. The number of anilines is 1. The van der Waals surface area contributed by atoms with Crippen LogP contribution in [0.15, 0.2) is 46.9 Å². The summed E-state index contributed by atoms with van der Waals surface area (Å²) in [6, 6.07) is 13.0. The molecule has 0 atom stereocenters. The van der Waals surface area contributed by atoms with Crippen LogP contribution in [-0.4, -0.2) is 7.11 Å². The average molecular weight is 324 g/mol. The Hall–Kier alpha value is -1.39. The van der Waals surface area contributed by atoms with Gasteiger partial charge in [0, 0.05) is 24.9 Å². The largest absolute Gasteiger partial charge is 0.381 e. The van der Waals surface area contributed by atoms with Gasteiger partial charge in [-0.05, 0) is 39.7 Å². The lowest BCUT2D eigenvalue weighted by molar-refractivity contribution is 0.185. The van der Waals surface area contributed by atoms with E-state index in [0.29, 0.717) is 17.6 Å². The highest BCUT2D eigenvalue weighted by Gasteiger charge is 2.03. The van der Waals surface area contributed by atoms with Gasteiger partial charge in [0.15, 0.2) is 0 Å². The molecule has 0 aliphatic carbocycles. The third-order valence-corrected chi connectivity index (χ3v) is 3.39. The lowest BCUT2D eigenvalue weighted by atomic mass is 10.1. The molecule has 0 radical (unpaired) electrons. The van der Waals surface area contributed by atoms with Crippen molar-refractivity contribution in [1.29, 1.82) is 0 Å². The van der Waals surface area contributed by atoms with Gasteiger partial charge >= 0.3 is 0 Å². The number of halogens is 2. The molecular formula is C15H15BrFNO. The number of para-hydroxylation sites is 1. The highest BCUT2D eigenvalue weighted by atomic mass is 79.9. The molecule has 2 aromatic carbocycles. The lowest BCUT2D eigenvalue weighted by Crippen LogP contribution is -2.03. The van der Waals surface area contributed by atoms with Gasteiger partial charge in [0.2, 0.25) is 0 Å². The molecule has 0 heterocycles. The molecule has 2 rings (SSSR count). The molecule has 0 aliphatic rings. The van der Waals surface area contributed by atoms with Crippen molar-refractivity contribution in [3.05, 3.63) is 63.9 Å². The summed E-state index contributed by atoms with van der Waals surface area (Å²) in [5, 5.41) is 3.34. The zero-order valence-corrected chi connectivity index (χ0v) is 12.2. The molecule has 1 N–H and O–H groups in total. The Morgan fingerprint density at radius 2 is 2.00 bits per heavy atom. The monoisotopic (exact) mass is 323 g/mol. The molecule has 0 amide bonds. The smallest absolute Gasteiger partial charge is 0.137 e. The molecule has 0 fully saturated rings. The highest BCUT2D eigenvalue weighted by molar-refractivity contribution is 9.10. The van der Waals surface area contributed by atoms with Crippen LogP contribution in [-0.2, 0) is 17.9 Å². The Kier molecular flexibility index (Phi) is 4.93. The van der Waals surface area contributed by atoms with E-state index in [0.717, 1.165) is 16.8 Å². The predicted octanol–water partition coefficient (Wildman–Crippen LogP) is 4.35. The first-order valence-corrected chi connectivity index (χ1v) is 6.74. The minimum Gasteiger partial charge on any atom is -0.381 e. The third kappa shape index (κ3) is 3.78. The van der Waals surface area contributed by atoms with Crippen molar-refractivity contribution in [1.82, 2.24) is 0 Å². The lowest BCUT2D eigenvalue weighted by Gasteiger charge is -2.11. The van der Waals surface area contributed by atoms with Crippen LogP contribution >= 0.6 is 15.9 Å². The van der Waals surface area contributed by atoms with Gasteiger partial charge in [-0.15, -0.1) is 0 Å². The second-order valence-corrected chi connectivity index (χ2v) is 5.05. The zero-order valence-electron chi connectivity index (χ0n) is 10.6. The molecule has 0 aromatic heterocycles. The van der Waals surface area contributed by atoms with Crippen LogP contribution in [0.25, 0.3) is 0 Å². The van der Waals surface area contributed by atoms with Gasteiger partial charge in [-0.1, -0.05) is 24.3 Å². The summed E-state index contributed by atoms with van der Waals surface area (Å²) in [5.41, 5.74) is 3.15. The maximum absolute atomic E-state index is 13.1. The molecule has 2 nitrogen and oxygen atoms in total. The predicted molar refractivity (Wildman–Crippen MR) is 78.6 cm³/mol. The fourth-order valence-electron chi connectivity index (χ4n) is 1.82. The van der Waals surface area contributed by atoms with Crippen LogP contribution in [0, 0.1) is 5.82 Å². The van der Waals surface area contributed by atoms with E-state index in [1.165, 1.54) is 6.07 Å². The van der Waals surface area contributed by atoms with Crippen LogP contribution in [0.2, 0.25) is 0 Å². The van der Waals surface area contributed by atoms with Gasteiger partial charge in [0.25, 0.3) is 0 Å². The van der Waals surface area contributed by atoms with Crippen LogP contribution in [0.5, 0.6) is 0 Å². The summed E-state index contributed by atoms with van der Waals surface area (Å²) in [7, 11) is 1.67. The van der Waals surface area contributed by atoms with Gasteiger partial charge in [0.1, 0.15) is 5.82 Å². The van der Waals surface area contributed by atoms with Crippen molar-refractivity contribution in [2.24, 2.45) is 0 Å². The molecule has 0 aliphatic heterocycles. The van der Waals surface area contributed by atoms with Crippen molar-refractivity contribution in [2.75, 3.05) is 12.4 Å². The van der Waals surface area contributed by atoms with Gasteiger partial charge in [0.05, 0.1) is 11.1 Å². The number of rotatable bonds is 5. The SMILES string of the molecule is COCc1ccccc1NCc1ccc(F)c(Br)c1. The van der Waals surface area contributed by atoms with Gasteiger partial charge < -0.3 is 10.1 Å². The van der Waals surface area contributed by atoms with E-state index in [9.17, 15) is 4.39 Å². The Balaban J connectivity index is 2.07. The van der Waals surface area contributed by atoms with E-state index < -0.39 is 0 Å². The van der Waals surface area contributed by atoms with E-state index >= 15 is 0 Å². The summed E-state index contributed by atoms with van der Waals surface area (Å²) in [6.45, 7) is 1.20. The normalized spacial score (nSPS) is 10.5. The number of benzene rings is 2. The molecule has 100 valence electrons. The maximum atomic E-state index is 13.1. The summed E-state index contributed by atoms with van der Waals surface area (Å²) < 4.78 is 18.8. The Morgan fingerprint density at radius 1 is 1.21 bits per heavy atom. The van der Waals surface area contributed by atoms with Crippen molar-refractivity contribution in [3.8, 4) is 0 Å². The molecule has 0 spiro atoms. The number of ether oxygens (including phenoxy) is 1. The first-order chi connectivity index (χ1) is 9.20. The zero-order chi connectivity index (χ0) is 13.7. The number of nitrogens with one attached hydrogen (secondary N) is 1.